The van der Waals surface area contributed by atoms with Crippen LogP contribution in [0.3, 0.4) is 0 Å². The Morgan fingerprint density at radius 2 is 1.53 bits per heavy atom. The minimum absolute atomic E-state index is 0.00242. The second-order valence-corrected chi connectivity index (χ2v) is 10.1. The van der Waals surface area contributed by atoms with Crippen molar-refractivity contribution in [1.82, 2.24) is 26.6 Å². The second kappa shape index (κ2) is 19.3. The van der Waals surface area contributed by atoms with E-state index in [2.05, 4.69) is 31.6 Å². The predicted octanol–water partition coefficient (Wildman–Crippen LogP) is -1.32. The molecule has 43 heavy (non-hydrogen) atoms. The average Bonchev–Trinajstić information content (AvgIpc) is 2.94. The van der Waals surface area contributed by atoms with Gasteiger partial charge >= 0.3 is 18.0 Å². The Bertz CT molecular complexity index is 1110. The molecule has 16 nitrogen and oxygen atoms in total. The summed E-state index contributed by atoms with van der Waals surface area (Å²) in [7, 11) is 0. The number of nitrogens with zero attached hydrogens (tertiary/aromatic N) is 1. The summed E-state index contributed by atoms with van der Waals surface area (Å²) >= 11 is 0. The molecule has 0 aliphatic carbocycles. The monoisotopic (exact) mass is 605 g/mol. The number of amides is 6. The van der Waals surface area contributed by atoms with Crippen LogP contribution in [-0.2, 0) is 25.6 Å². The van der Waals surface area contributed by atoms with Crippen LogP contribution in [0.1, 0.15) is 45.1 Å². The van der Waals surface area contributed by atoms with E-state index < -0.39 is 59.9 Å². The third-order valence-corrected chi connectivity index (χ3v) is 6.18. The Morgan fingerprint density at radius 3 is 2.09 bits per heavy atom. The molecular weight excluding hydrogens is 562 g/mol. The number of carboxylic acids is 1. The van der Waals surface area contributed by atoms with E-state index in [1.54, 1.807) is 44.2 Å². The van der Waals surface area contributed by atoms with Gasteiger partial charge < -0.3 is 53.7 Å². The largest absolute Gasteiger partial charge is 0.480 e. The van der Waals surface area contributed by atoms with Crippen LogP contribution in [0.5, 0.6) is 0 Å². The number of nitrogens with one attached hydrogen (secondary N) is 5. The molecule has 12 N–H and O–H groups in total. The minimum Gasteiger partial charge on any atom is -0.480 e. The second-order valence-electron chi connectivity index (χ2n) is 10.1. The molecule has 1 aromatic rings. The summed E-state index contributed by atoms with van der Waals surface area (Å²) in [5.41, 5.74) is 16.3. The Hall–Kier alpha value is -4.89. The van der Waals surface area contributed by atoms with Gasteiger partial charge in [-0.05, 0) is 37.2 Å². The number of urea groups is 2. The molecule has 1 rings (SSSR count). The Balaban J connectivity index is 2.96. The minimum atomic E-state index is -1.29. The first-order valence-electron chi connectivity index (χ1n) is 13.8. The number of carbonyl (C=O) groups excluding carboxylic acids is 5. The van der Waals surface area contributed by atoms with Crippen LogP contribution in [0.2, 0.25) is 0 Å². The van der Waals surface area contributed by atoms with E-state index in [0.717, 1.165) is 0 Å². The molecule has 0 aliphatic rings. The van der Waals surface area contributed by atoms with E-state index in [1.165, 1.54) is 0 Å². The van der Waals surface area contributed by atoms with Crippen LogP contribution in [0.15, 0.2) is 35.3 Å². The SMILES string of the molecule is CC(C)C(NC(=O)C(CCCNC(N)=O)NC(=O)NC(Cc1ccccc1)C(=O)O)C(=O)NC(C=O)CCCN=C(N)N. The van der Waals surface area contributed by atoms with Crippen molar-refractivity contribution in [3.8, 4) is 0 Å². The number of aliphatic carboxylic acids is 1. The maximum absolute atomic E-state index is 13.3. The topological polar surface area (TPSA) is 273 Å². The highest BCUT2D eigenvalue weighted by molar-refractivity contribution is 5.93. The number of aldehydes is 1. The van der Waals surface area contributed by atoms with Crippen molar-refractivity contribution in [1.29, 1.82) is 0 Å². The third-order valence-electron chi connectivity index (χ3n) is 6.18. The van der Waals surface area contributed by atoms with E-state index in [9.17, 15) is 33.9 Å². The lowest BCUT2D eigenvalue weighted by Crippen LogP contribution is -2.58. The van der Waals surface area contributed by atoms with Gasteiger partial charge in [0.05, 0.1) is 6.04 Å². The summed E-state index contributed by atoms with van der Waals surface area (Å²) in [6.07, 6.45) is 1.49. The molecule has 6 amide bonds. The van der Waals surface area contributed by atoms with Crippen molar-refractivity contribution >= 4 is 42.1 Å². The molecule has 0 bridgehead atoms. The third kappa shape index (κ3) is 15.1. The molecule has 0 fully saturated rings. The zero-order chi connectivity index (χ0) is 32.4. The number of carbonyl (C=O) groups is 6. The number of nitrogens with two attached hydrogens (primary N) is 3. The van der Waals surface area contributed by atoms with Gasteiger partial charge in [0.1, 0.15) is 24.4 Å². The number of benzene rings is 1. The number of carboxylic acid groups (broad SMARTS) is 1. The summed E-state index contributed by atoms with van der Waals surface area (Å²) in [6, 6.07) is 2.57. The quantitative estimate of drug-likeness (QED) is 0.0391. The molecule has 0 aromatic heterocycles. The highest BCUT2D eigenvalue weighted by atomic mass is 16.4. The summed E-state index contributed by atoms with van der Waals surface area (Å²) in [6.45, 7) is 3.74. The zero-order valence-electron chi connectivity index (χ0n) is 24.4. The first-order valence-corrected chi connectivity index (χ1v) is 13.8. The lowest BCUT2D eigenvalue weighted by atomic mass is 10.0. The molecule has 4 atom stereocenters. The first-order chi connectivity index (χ1) is 20.3. The number of rotatable bonds is 19. The van der Waals surface area contributed by atoms with Crippen LogP contribution < -0.4 is 43.8 Å². The van der Waals surface area contributed by atoms with Crippen molar-refractivity contribution in [2.24, 2.45) is 28.1 Å². The number of guanidine groups is 1. The van der Waals surface area contributed by atoms with Gasteiger partial charge in [0.25, 0.3) is 0 Å². The zero-order valence-corrected chi connectivity index (χ0v) is 24.4. The summed E-state index contributed by atoms with van der Waals surface area (Å²) in [4.78, 5) is 77.3. The maximum atomic E-state index is 13.3. The normalized spacial score (nSPS) is 13.4. The van der Waals surface area contributed by atoms with Crippen molar-refractivity contribution in [3.63, 3.8) is 0 Å². The van der Waals surface area contributed by atoms with Crippen molar-refractivity contribution in [3.05, 3.63) is 35.9 Å². The van der Waals surface area contributed by atoms with Gasteiger partial charge in [0.2, 0.25) is 11.8 Å². The van der Waals surface area contributed by atoms with Gasteiger partial charge in [-0.15, -0.1) is 0 Å². The first kappa shape index (κ1) is 36.1. The molecule has 0 saturated carbocycles. The van der Waals surface area contributed by atoms with E-state index in [0.29, 0.717) is 18.3 Å². The smallest absolute Gasteiger partial charge is 0.326 e. The Morgan fingerprint density at radius 1 is 0.884 bits per heavy atom. The van der Waals surface area contributed by atoms with Crippen LogP contribution in [-0.4, -0.2) is 84.5 Å². The molecule has 0 radical (unpaired) electrons. The maximum Gasteiger partial charge on any atom is 0.326 e. The van der Waals surface area contributed by atoms with Gasteiger partial charge in [-0.1, -0.05) is 44.2 Å². The number of hydrogen-bond acceptors (Lipinski definition) is 7. The summed E-state index contributed by atoms with van der Waals surface area (Å²) in [5, 5.41) is 22.0. The average molecular weight is 606 g/mol. The van der Waals surface area contributed by atoms with E-state index in [4.69, 9.17) is 17.2 Å². The van der Waals surface area contributed by atoms with Gasteiger partial charge in [-0.2, -0.15) is 0 Å². The molecule has 0 aliphatic heterocycles. The molecular formula is C27H43N9O7. The van der Waals surface area contributed by atoms with E-state index in [-0.39, 0.29) is 44.7 Å². The van der Waals surface area contributed by atoms with Crippen LogP contribution >= 0.6 is 0 Å². The fraction of sp³-hybridized carbons (Fsp3) is 0.519. The predicted molar refractivity (Wildman–Crippen MR) is 159 cm³/mol. The lowest BCUT2D eigenvalue weighted by Gasteiger charge is -2.27. The highest BCUT2D eigenvalue weighted by Gasteiger charge is 2.30. The van der Waals surface area contributed by atoms with Gasteiger partial charge in [0.15, 0.2) is 5.96 Å². The summed E-state index contributed by atoms with van der Waals surface area (Å²) < 4.78 is 0. The fourth-order valence-electron chi connectivity index (χ4n) is 3.95. The Labute approximate surface area is 250 Å². The number of hydrogen-bond donors (Lipinski definition) is 9. The molecule has 0 heterocycles. The molecule has 16 heteroatoms. The van der Waals surface area contributed by atoms with Crippen LogP contribution in [0.4, 0.5) is 9.59 Å². The van der Waals surface area contributed by atoms with Crippen molar-refractivity contribution in [2.45, 2.75) is 70.1 Å². The van der Waals surface area contributed by atoms with Gasteiger partial charge in [-0.25, -0.2) is 14.4 Å². The fourth-order valence-corrected chi connectivity index (χ4v) is 3.95. The van der Waals surface area contributed by atoms with Gasteiger partial charge in [-0.3, -0.25) is 14.6 Å². The molecule has 0 saturated heterocycles. The standard InChI is InChI=1S/C27H43N9O7/c1-16(2)21(23(39)33-18(15-37)10-6-12-31-25(28)29)36-22(38)19(11-7-13-32-26(30)42)34-27(43)35-20(24(40)41)14-17-8-4-3-5-9-17/h3-5,8-9,15-16,18-21H,6-7,10-14H2,1-2H3,(H,33,39)(H,36,38)(H,40,41)(H4,28,29,31)(H3,30,32,42)(H2,34,35,43). The molecule has 0 spiro atoms. The summed E-state index contributed by atoms with van der Waals surface area (Å²) in [5.74, 6) is -3.12. The van der Waals surface area contributed by atoms with Gasteiger partial charge in [0, 0.05) is 19.5 Å². The van der Waals surface area contributed by atoms with Crippen LogP contribution in [0, 0.1) is 5.92 Å². The molecule has 4 unspecified atom stereocenters. The van der Waals surface area contributed by atoms with E-state index >= 15 is 0 Å². The van der Waals surface area contributed by atoms with Crippen LogP contribution in [0.25, 0.3) is 0 Å². The van der Waals surface area contributed by atoms with Crippen molar-refractivity contribution < 1.29 is 33.9 Å². The number of aliphatic imine (C=N–C) groups is 1. The van der Waals surface area contributed by atoms with E-state index in [1.807, 2.05) is 0 Å². The Kier molecular flexibility index (Phi) is 16.2. The lowest BCUT2D eigenvalue weighted by molar-refractivity contribution is -0.139. The number of primary amides is 1. The molecule has 1 aromatic carbocycles. The van der Waals surface area contributed by atoms with Crippen molar-refractivity contribution in [2.75, 3.05) is 13.1 Å². The molecule has 238 valence electrons. The highest BCUT2D eigenvalue weighted by Crippen LogP contribution is 2.07.